The number of amides is 1. The molecule has 2 aromatic rings. The lowest BCUT2D eigenvalue weighted by Gasteiger charge is -2.11. The van der Waals surface area contributed by atoms with Gasteiger partial charge >= 0.3 is 6.18 Å². The third-order valence-electron chi connectivity index (χ3n) is 3.47. The van der Waals surface area contributed by atoms with Crippen LogP contribution in [0.1, 0.15) is 22.3 Å². The van der Waals surface area contributed by atoms with Gasteiger partial charge in [-0.2, -0.15) is 13.2 Å². The van der Waals surface area contributed by atoms with Crippen molar-refractivity contribution < 1.29 is 23.1 Å². The molecule has 130 valence electrons. The molecule has 0 aromatic heterocycles. The van der Waals surface area contributed by atoms with Crippen molar-refractivity contribution in [3.63, 3.8) is 0 Å². The molecule has 0 aliphatic heterocycles. The highest BCUT2D eigenvalue weighted by Gasteiger charge is 2.30. The quantitative estimate of drug-likeness (QED) is 0.640. The summed E-state index contributed by atoms with van der Waals surface area (Å²) < 4.78 is 38.2. The predicted molar refractivity (Wildman–Crippen MR) is 89.2 cm³/mol. The SMILES string of the molecule is NC(=O)C=CC=C(c1ccc(C(F)(F)F)cc1)c1cccc(CO)c1. The zero-order valence-corrected chi connectivity index (χ0v) is 13.1. The second-order valence-electron chi connectivity index (χ2n) is 5.28. The van der Waals surface area contributed by atoms with Gasteiger partial charge in [-0.15, -0.1) is 0 Å². The van der Waals surface area contributed by atoms with Crippen LogP contribution in [-0.2, 0) is 17.6 Å². The van der Waals surface area contributed by atoms with Crippen LogP contribution in [-0.4, -0.2) is 11.0 Å². The van der Waals surface area contributed by atoms with Gasteiger partial charge in [0.1, 0.15) is 0 Å². The zero-order chi connectivity index (χ0) is 18.4. The molecule has 0 radical (unpaired) electrons. The zero-order valence-electron chi connectivity index (χ0n) is 13.1. The van der Waals surface area contributed by atoms with Gasteiger partial charge in [-0.05, 0) is 40.5 Å². The van der Waals surface area contributed by atoms with Gasteiger partial charge in [0.25, 0.3) is 0 Å². The lowest BCUT2D eigenvalue weighted by atomic mass is 9.95. The fourth-order valence-corrected chi connectivity index (χ4v) is 2.27. The van der Waals surface area contributed by atoms with Crippen LogP contribution in [0.3, 0.4) is 0 Å². The number of aliphatic hydroxyl groups is 1. The number of allylic oxidation sites excluding steroid dienone is 2. The van der Waals surface area contributed by atoms with E-state index in [0.29, 0.717) is 22.3 Å². The number of hydrogen-bond acceptors (Lipinski definition) is 2. The monoisotopic (exact) mass is 347 g/mol. The summed E-state index contributed by atoms with van der Waals surface area (Å²) in [6.07, 6.45) is -0.240. The highest BCUT2D eigenvalue weighted by Crippen LogP contribution is 2.31. The first kappa shape index (κ1) is 18.5. The minimum atomic E-state index is -4.41. The second-order valence-corrected chi connectivity index (χ2v) is 5.28. The highest BCUT2D eigenvalue weighted by atomic mass is 19.4. The van der Waals surface area contributed by atoms with E-state index >= 15 is 0 Å². The molecule has 0 atom stereocenters. The molecule has 0 saturated heterocycles. The first-order valence-electron chi connectivity index (χ1n) is 7.37. The maximum Gasteiger partial charge on any atom is 0.416 e. The summed E-state index contributed by atoms with van der Waals surface area (Å²) in [4.78, 5) is 10.9. The molecule has 0 saturated carbocycles. The summed E-state index contributed by atoms with van der Waals surface area (Å²) >= 11 is 0. The van der Waals surface area contributed by atoms with E-state index in [1.165, 1.54) is 18.2 Å². The van der Waals surface area contributed by atoms with E-state index in [9.17, 15) is 23.1 Å². The van der Waals surface area contributed by atoms with Crippen LogP contribution in [0.25, 0.3) is 5.57 Å². The van der Waals surface area contributed by atoms with Gasteiger partial charge in [0, 0.05) is 6.08 Å². The van der Waals surface area contributed by atoms with Crippen LogP contribution >= 0.6 is 0 Å². The van der Waals surface area contributed by atoms with E-state index in [1.54, 1.807) is 30.3 Å². The van der Waals surface area contributed by atoms with Crippen molar-refractivity contribution >= 4 is 11.5 Å². The summed E-state index contributed by atoms with van der Waals surface area (Å²) in [6.45, 7) is -0.161. The standard InChI is InChI=1S/C19H16F3NO2/c20-19(21,22)16-9-7-14(8-10-16)17(5-2-6-18(23)25)15-4-1-3-13(11-15)12-24/h1-11,24H,12H2,(H2,23,25). The summed E-state index contributed by atoms with van der Waals surface area (Å²) in [5, 5.41) is 9.27. The molecular weight excluding hydrogens is 331 g/mol. The molecule has 1 amide bonds. The Hall–Kier alpha value is -2.86. The molecule has 6 heteroatoms. The molecule has 3 nitrogen and oxygen atoms in total. The van der Waals surface area contributed by atoms with Crippen molar-refractivity contribution in [1.29, 1.82) is 0 Å². The Labute approximate surface area is 142 Å². The van der Waals surface area contributed by atoms with E-state index in [-0.39, 0.29) is 6.61 Å². The van der Waals surface area contributed by atoms with Crippen LogP contribution in [0.4, 0.5) is 13.2 Å². The fourth-order valence-electron chi connectivity index (χ4n) is 2.27. The Kier molecular flexibility index (Phi) is 5.77. The molecule has 2 rings (SSSR count). The van der Waals surface area contributed by atoms with Gasteiger partial charge in [-0.1, -0.05) is 42.5 Å². The third-order valence-corrected chi connectivity index (χ3v) is 3.47. The van der Waals surface area contributed by atoms with E-state index in [4.69, 9.17) is 5.73 Å². The van der Waals surface area contributed by atoms with Crippen molar-refractivity contribution in [2.75, 3.05) is 0 Å². The Balaban J connectivity index is 2.49. The first-order valence-corrected chi connectivity index (χ1v) is 7.37. The Morgan fingerprint density at radius 2 is 1.76 bits per heavy atom. The van der Waals surface area contributed by atoms with Crippen LogP contribution in [0, 0.1) is 0 Å². The van der Waals surface area contributed by atoms with Gasteiger partial charge < -0.3 is 10.8 Å². The molecule has 0 bridgehead atoms. The van der Waals surface area contributed by atoms with Gasteiger partial charge in [0.05, 0.1) is 12.2 Å². The van der Waals surface area contributed by atoms with Gasteiger partial charge in [0.15, 0.2) is 0 Å². The number of carbonyl (C=O) groups excluding carboxylic acids is 1. The summed E-state index contributed by atoms with van der Waals surface area (Å²) in [6, 6.07) is 11.7. The molecule has 0 aliphatic rings. The van der Waals surface area contributed by atoms with Crippen LogP contribution < -0.4 is 5.73 Å². The molecule has 0 spiro atoms. The van der Waals surface area contributed by atoms with Gasteiger partial charge in [-0.3, -0.25) is 4.79 Å². The number of benzene rings is 2. The van der Waals surface area contributed by atoms with Gasteiger partial charge in [0.2, 0.25) is 5.91 Å². The third kappa shape index (κ3) is 5.06. The first-order chi connectivity index (χ1) is 11.8. The second kappa shape index (κ2) is 7.81. The molecule has 0 unspecified atom stereocenters. The topological polar surface area (TPSA) is 63.3 Å². The number of rotatable bonds is 5. The maximum atomic E-state index is 12.7. The van der Waals surface area contributed by atoms with Crippen LogP contribution in [0.2, 0.25) is 0 Å². The van der Waals surface area contributed by atoms with Gasteiger partial charge in [-0.25, -0.2) is 0 Å². The van der Waals surface area contributed by atoms with Crippen molar-refractivity contribution in [2.24, 2.45) is 5.73 Å². The lowest BCUT2D eigenvalue weighted by Crippen LogP contribution is -2.05. The molecular formula is C19H16F3NO2. The number of halogens is 3. The minimum absolute atomic E-state index is 0.161. The van der Waals surface area contributed by atoms with E-state index in [1.807, 2.05) is 0 Å². The van der Waals surface area contributed by atoms with Crippen LogP contribution in [0.15, 0.2) is 66.8 Å². The predicted octanol–water partition coefficient (Wildman–Crippen LogP) is 3.67. The summed E-state index contributed by atoms with van der Waals surface area (Å²) in [5.74, 6) is -0.632. The van der Waals surface area contributed by atoms with Crippen LogP contribution in [0.5, 0.6) is 0 Å². The molecule has 25 heavy (non-hydrogen) atoms. The number of carbonyl (C=O) groups is 1. The smallest absolute Gasteiger partial charge is 0.392 e. The fraction of sp³-hybridized carbons (Fsp3) is 0.105. The maximum absolute atomic E-state index is 12.7. The number of primary amides is 1. The average molecular weight is 347 g/mol. The minimum Gasteiger partial charge on any atom is -0.392 e. The summed E-state index contributed by atoms with van der Waals surface area (Å²) in [7, 11) is 0. The van der Waals surface area contributed by atoms with E-state index in [2.05, 4.69) is 0 Å². The Morgan fingerprint density at radius 3 is 2.32 bits per heavy atom. The molecule has 2 aromatic carbocycles. The van der Waals surface area contributed by atoms with Crippen molar-refractivity contribution in [1.82, 2.24) is 0 Å². The van der Waals surface area contributed by atoms with Crippen molar-refractivity contribution in [2.45, 2.75) is 12.8 Å². The number of alkyl halides is 3. The Morgan fingerprint density at radius 1 is 1.08 bits per heavy atom. The average Bonchev–Trinajstić information content (AvgIpc) is 2.58. The largest absolute Gasteiger partial charge is 0.416 e. The van der Waals surface area contributed by atoms with Crippen molar-refractivity contribution in [3.8, 4) is 0 Å². The highest BCUT2D eigenvalue weighted by molar-refractivity contribution is 5.87. The van der Waals surface area contributed by atoms with E-state index < -0.39 is 17.6 Å². The molecule has 3 N–H and O–H groups in total. The number of nitrogens with two attached hydrogens (primary N) is 1. The summed E-state index contributed by atoms with van der Waals surface area (Å²) in [5.41, 5.74) is 6.81. The molecule has 0 fully saturated rings. The molecule has 0 heterocycles. The van der Waals surface area contributed by atoms with E-state index in [0.717, 1.165) is 18.2 Å². The lowest BCUT2D eigenvalue weighted by molar-refractivity contribution is -0.137. The Bertz CT molecular complexity index is 806. The number of hydrogen-bond donors (Lipinski definition) is 2. The molecule has 0 aliphatic carbocycles. The number of aliphatic hydroxyl groups excluding tert-OH is 1. The van der Waals surface area contributed by atoms with Crippen molar-refractivity contribution in [3.05, 3.63) is 89.0 Å². The normalized spacial score (nSPS) is 12.6.